The molecule has 2 aliphatic rings. The quantitative estimate of drug-likeness (QED) is 0.623. The lowest BCUT2D eigenvalue weighted by molar-refractivity contribution is -0.114. The fourth-order valence-corrected chi connectivity index (χ4v) is 5.80. The third-order valence-electron chi connectivity index (χ3n) is 6.49. The van der Waals surface area contributed by atoms with Crippen molar-refractivity contribution in [2.24, 2.45) is 23.2 Å². The van der Waals surface area contributed by atoms with Gasteiger partial charge in [0, 0.05) is 6.42 Å². The predicted molar refractivity (Wildman–Crippen MR) is 99.4 cm³/mol. The highest BCUT2D eigenvalue weighted by Crippen LogP contribution is 2.60. The van der Waals surface area contributed by atoms with E-state index in [1.807, 2.05) is 0 Å². The molecule has 130 valence electrons. The number of hydrogen-bond acceptors (Lipinski definition) is 2. The van der Waals surface area contributed by atoms with Crippen LogP contribution in [0.2, 0.25) is 0 Å². The Morgan fingerprint density at radius 3 is 2.83 bits per heavy atom. The van der Waals surface area contributed by atoms with Gasteiger partial charge >= 0.3 is 0 Å². The Labute approximate surface area is 149 Å². The summed E-state index contributed by atoms with van der Waals surface area (Å²) >= 11 is 3.57. The number of Topliss-reactive ketones (excluding diaryl/α,β-unsaturated/α-hetero) is 1. The van der Waals surface area contributed by atoms with Crippen molar-refractivity contribution in [3.63, 3.8) is 0 Å². The van der Waals surface area contributed by atoms with E-state index in [1.54, 1.807) is 5.57 Å². The average molecular weight is 383 g/mol. The zero-order valence-electron chi connectivity index (χ0n) is 14.8. The van der Waals surface area contributed by atoms with E-state index in [2.05, 4.69) is 41.3 Å². The van der Waals surface area contributed by atoms with Gasteiger partial charge in [0.2, 0.25) is 0 Å². The van der Waals surface area contributed by atoms with Crippen LogP contribution in [-0.2, 0) is 4.79 Å². The van der Waals surface area contributed by atoms with Gasteiger partial charge in [0.25, 0.3) is 0 Å². The Morgan fingerprint density at radius 1 is 1.52 bits per heavy atom. The molecule has 2 rings (SSSR count). The molecule has 2 aliphatic carbocycles. The van der Waals surface area contributed by atoms with E-state index in [0.717, 1.165) is 6.42 Å². The predicted octanol–water partition coefficient (Wildman–Crippen LogP) is 5.40. The van der Waals surface area contributed by atoms with Crippen molar-refractivity contribution in [2.75, 3.05) is 0 Å². The number of rotatable bonds is 6. The molecule has 1 N–H and O–H groups in total. The van der Waals surface area contributed by atoms with E-state index in [0.29, 0.717) is 35.2 Å². The first-order valence-electron chi connectivity index (χ1n) is 8.95. The number of allylic oxidation sites excluding steroid dienone is 1. The van der Waals surface area contributed by atoms with Gasteiger partial charge in [-0.1, -0.05) is 41.9 Å². The molecule has 0 aromatic heterocycles. The summed E-state index contributed by atoms with van der Waals surface area (Å²) in [6.07, 6.45) is 7.08. The van der Waals surface area contributed by atoms with E-state index in [-0.39, 0.29) is 5.78 Å². The van der Waals surface area contributed by atoms with Gasteiger partial charge in [-0.25, -0.2) is 0 Å². The Kier molecular flexibility index (Phi) is 6.29. The van der Waals surface area contributed by atoms with Crippen molar-refractivity contribution >= 4 is 21.7 Å². The summed E-state index contributed by atoms with van der Waals surface area (Å²) in [6, 6.07) is 0. The minimum absolute atomic E-state index is 0.0102. The molecule has 0 unspecified atom stereocenters. The molecular weight excluding hydrogens is 352 g/mol. The normalized spacial score (nSPS) is 34.9. The highest BCUT2D eigenvalue weighted by Gasteiger charge is 2.50. The number of fused-ring (bicyclic) bond motifs is 1. The van der Waals surface area contributed by atoms with Crippen LogP contribution >= 0.6 is 15.9 Å². The maximum atomic E-state index is 11.3. The van der Waals surface area contributed by atoms with Crippen LogP contribution in [0.15, 0.2) is 22.7 Å². The summed E-state index contributed by atoms with van der Waals surface area (Å²) in [5.74, 6) is 1.83. The summed E-state index contributed by atoms with van der Waals surface area (Å²) in [7, 11) is 0. The number of aliphatic hydroxyl groups is 1. The zero-order chi connectivity index (χ0) is 17.2. The fraction of sp³-hybridized carbons (Fsp3) is 0.750. The first-order valence-corrected chi connectivity index (χ1v) is 9.87. The molecule has 0 aromatic rings. The van der Waals surface area contributed by atoms with Crippen molar-refractivity contribution < 1.29 is 9.90 Å². The van der Waals surface area contributed by atoms with Crippen LogP contribution in [-0.4, -0.2) is 17.0 Å². The SMILES string of the molecule is C=C(C[C@@H](O)C[C@@H](C)[C@H]1CC[C@H]2/C(=C/Br)CCC[C@]12C)C(C)=O. The number of aliphatic hydroxyl groups excluding tert-OH is 1. The second-order valence-corrected chi connectivity index (χ2v) is 8.47. The van der Waals surface area contributed by atoms with Gasteiger partial charge in [0.15, 0.2) is 5.78 Å². The third kappa shape index (κ3) is 3.99. The van der Waals surface area contributed by atoms with Crippen molar-refractivity contribution in [2.45, 2.75) is 71.8 Å². The lowest BCUT2D eigenvalue weighted by atomic mass is 9.61. The number of ketones is 1. The molecule has 0 heterocycles. The topological polar surface area (TPSA) is 37.3 Å². The molecule has 0 bridgehead atoms. The summed E-state index contributed by atoms with van der Waals surface area (Å²) < 4.78 is 0. The van der Waals surface area contributed by atoms with Crippen LogP contribution in [0.5, 0.6) is 0 Å². The molecule has 2 nitrogen and oxygen atoms in total. The monoisotopic (exact) mass is 382 g/mol. The minimum atomic E-state index is -0.446. The van der Waals surface area contributed by atoms with E-state index in [1.165, 1.54) is 39.0 Å². The highest BCUT2D eigenvalue weighted by atomic mass is 79.9. The summed E-state index contributed by atoms with van der Waals surface area (Å²) in [6.45, 7) is 10.0. The first-order chi connectivity index (χ1) is 10.8. The third-order valence-corrected chi connectivity index (χ3v) is 7.08. The molecular formula is C20H31BrO2. The molecule has 0 amide bonds. The molecule has 2 fully saturated rings. The average Bonchev–Trinajstić information content (AvgIpc) is 2.83. The van der Waals surface area contributed by atoms with Crippen LogP contribution in [0.3, 0.4) is 0 Å². The van der Waals surface area contributed by atoms with Crippen molar-refractivity contribution in [1.29, 1.82) is 0 Å². The molecule has 5 atom stereocenters. The highest BCUT2D eigenvalue weighted by molar-refractivity contribution is 9.11. The largest absolute Gasteiger partial charge is 0.393 e. The lowest BCUT2D eigenvalue weighted by Crippen LogP contribution is -2.36. The first kappa shape index (κ1) is 18.9. The van der Waals surface area contributed by atoms with Crippen LogP contribution in [0.4, 0.5) is 0 Å². The molecule has 3 heteroatoms. The molecule has 0 aliphatic heterocycles. The number of carbonyl (C=O) groups is 1. The van der Waals surface area contributed by atoms with E-state index >= 15 is 0 Å². The molecule has 0 aromatic carbocycles. The summed E-state index contributed by atoms with van der Waals surface area (Å²) in [5, 5.41) is 10.3. The molecule has 0 saturated heterocycles. The van der Waals surface area contributed by atoms with Gasteiger partial charge in [-0.15, -0.1) is 0 Å². The maximum absolute atomic E-state index is 11.3. The van der Waals surface area contributed by atoms with Gasteiger partial charge in [-0.2, -0.15) is 0 Å². The Morgan fingerprint density at radius 2 is 2.22 bits per heavy atom. The van der Waals surface area contributed by atoms with E-state index in [9.17, 15) is 9.90 Å². The second kappa shape index (κ2) is 7.65. The van der Waals surface area contributed by atoms with Crippen LogP contribution < -0.4 is 0 Å². The Bertz CT molecular complexity index is 496. The van der Waals surface area contributed by atoms with Gasteiger partial charge in [0.1, 0.15) is 0 Å². The number of halogens is 1. The van der Waals surface area contributed by atoms with Gasteiger partial charge < -0.3 is 5.11 Å². The van der Waals surface area contributed by atoms with E-state index < -0.39 is 6.10 Å². The van der Waals surface area contributed by atoms with Gasteiger partial charge in [-0.3, -0.25) is 4.79 Å². The Hall–Kier alpha value is -0.410. The van der Waals surface area contributed by atoms with Gasteiger partial charge in [0.05, 0.1) is 6.10 Å². The molecule has 23 heavy (non-hydrogen) atoms. The van der Waals surface area contributed by atoms with Crippen molar-refractivity contribution in [3.05, 3.63) is 22.7 Å². The fourth-order valence-electron chi connectivity index (χ4n) is 5.25. The standard InChI is InChI=1S/C20H31BrO2/c1-13(15(3)22)10-17(23)11-14(2)18-7-8-19-16(12-21)6-5-9-20(18,19)4/h12,14,17-19,23H,1,5-11H2,2-4H3/b16-12+/t14-,17-,18-,19+,20-/m1/s1. The Balaban J connectivity index is 2.01. The second-order valence-electron chi connectivity index (χ2n) is 8.01. The maximum Gasteiger partial charge on any atom is 0.155 e. The number of hydrogen-bond donors (Lipinski definition) is 1. The van der Waals surface area contributed by atoms with Crippen LogP contribution in [0.25, 0.3) is 0 Å². The van der Waals surface area contributed by atoms with Crippen molar-refractivity contribution in [1.82, 2.24) is 0 Å². The zero-order valence-corrected chi connectivity index (χ0v) is 16.4. The van der Waals surface area contributed by atoms with Gasteiger partial charge in [-0.05, 0) is 79.2 Å². The number of carbonyl (C=O) groups excluding carboxylic acids is 1. The molecule has 2 saturated carbocycles. The summed E-state index contributed by atoms with van der Waals surface area (Å²) in [5.41, 5.74) is 2.50. The minimum Gasteiger partial charge on any atom is -0.393 e. The van der Waals surface area contributed by atoms with Crippen LogP contribution in [0.1, 0.15) is 65.7 Å². The van der Waals surface area contributed by atoms with Crippen LogP contribution in [0, 0.1) is 23.2 Å². The van der Waals surface area contributed by atoms with Crippen molar-refractivity contribution in [3.8, 4) is 0 Å². The van der Waals surface area contributed by atoms with E-state index in [4.69, 9.17) is 0 Å². The molecule has 0 spiro atoms. The molecule has 0 radical (unpaired) electrons. The lowest BCUT2D eigenvalue weighted by Gasteiger charge is -2.44. The smallest absolute Gasteiger partial charge is 0.155 e. The summed E-state index contributed by atoms with van der Waals surface area (Å²) in [4.78, 5) is 13.5.